The van der Waals surface area contributed by atoms with Crippen molar-refractivity contribution in [3.8, 4) is 0 Å². The molecule has 27 heavy (non-hydrogen) atoms. The van der Waals surface area contributed by atoms with Crippen LogP contribution in [0.1, 0.15) is 17.5 Å². The fourth-order valence-electron chi connectivity index (χ4n) is 3.08. The Morgan fingerprint density at radius 2 is 1.89 bits per heavy atom. The number of imide groups is 1. The number of urea groups is 1. The van der Waals surface area contributed by atoms with E-state index in [1.165, 1.54) is 35.6 Å². The first-order valence-corrected chi connectivity index (χ1v) is 8.93. The van der Waals surface area contributed by atoms with Gasteiger partial charge in [0, 0.05) is 12.1 Å². The van der Waals surface area contributed by atoms with Gasteiger partial charge in [0.25, 0.3) is 11.6 Å². The topological polar surface area (TPSA) is 105 Å². The van der Waals surface area contributed by atoms with Gasteiger partial charge in [-0.1, -0.05) is 12.1 Å². The molecular formula is C18H14N4O4S. The van der Waals surface area contributed by atoms with E-state index in [2.05, 4.69) is 10.3 Å². The van der Waals surface area contributed by atoms with E-state index in [4.69, 9.17) is 0 Å². The maximum atomic E-state index is 13.0. The molecule has 9 heteroatoms. The number of benzene rings is 2. The fourth-order valence-corrected chi connectivity index (χ4v) is 4.03. The van der Waals surface area contributed by atoms with Crippen LogP contribution >= 0.6 is 11.3 Å². The van der Waals surface area contributed by atoms with Crippen LogP contribution in [-0.2, 0) is 16.9 Å². The van der Waals surface area contributed by atoms with Gasteiger partial charge in [-0.3, -0.25) is 19.8 Å². The van der Waals surface area contributed by atoms with Crippen LogP contribution in [0.3, 0.4) is 0 Å². The first kappa shape index (κ1) is 17.1. The molecule has 1 fully saturated rings. The Hall–Kier alpha value is -3.33. The van der Waals surface area contributed by atoms with Crippen molar-refractivity contribution in [1.82, 2.24) is 15.2 Å². The zero-order valence-corrected chi connectivity index (χ0v) is 15.0. The number of fused-ring (bicyclic) bond motifs is 1. The zero-order chi connectivity index (χ0) is 19.2. The molecule has 1 aliphatic heterocycles. The number of nitrogens with one attached hydrogen (secondary N) is 1. The molecule has 0 radical (unpaired) electrons. The molecule has 0 aliphatic carbocycles. The maximum absolute atomic E-state index is 13.0. The lowest BCUT2D eigenvalue weighted by atomic mass is 9.92. The Labute approximate surface area is 157 Å². The average Bonchev–Trinajstić information content (AvgIpc) is 3.16. The second-order valence-corrected chi connectivity index (χ2v) is 7.44. The predicted molar refractivity (Wildman–Crippen MR) is 99.2 cm³/mol. The van der Waals surface area contributed by atoms with Gasteiger partial charge in [0.2, 0.25) is 0 Å². The summed E-state index contributed by atoms with van der Waals surface area (Å²) >= 11 is 1.43. The van der Waals surface area contributed by atoms with Gasteiger partial charge in [0.15, 0.2) is 0 Å². The lowest BCUT2D eigenvalue weighted by Crippen LogP contribution is -2.40. The van der Waals surface area contributed by atoms with Gasteiger partial charge in [0.05, 0.1) is 21.7 Å². The molecule has 136 valence electrons. The summed E-state index contributed by atoms with van der Waals surface area (Å²) < 4.78 is 0.984. The smallest absolute Gasteiger partial charge is 0.319 e. The van der Waals surface area contributed by atoms with Crippen LogP contribution < -0.4 is 5.32 Å². The largest absolute Gasteiger partial charge is 0.325 e. The number of hydrogen-bond donors (Lipinski definition) is 1. The Bertz CT molecular complexity index is 1050. The average molecular weight is 382 g/mol. The normalized spacial score (nSPS) is 19.5. The van der Waals surface area contributed by atoms with Gasteiger partial charge in [-0.25, -0.2) is 9.78 Å². The van der Waals surface area contributed by atoms with Crippen LogP contribution in [0.2, 0.25) is 0 Å². The lowest BCUT2D eigenvalue weighted by molar-refractivity contribution is -0.384. The first-order valence-electron chi connectivity index (χ1n) is 8.12. The number of thiazole rings is 1. The van der Waals surface area contributed by atoms with E-state index in [1.807, 2.05) is 24.3 Å². The van der Waals surface area contributed by atoms with E-state index < -0.39 is 22.4 Å². The number of amides is 3. The molecule has 3 aromatic rings. The molecule has 0 saturated carbocycles. The van der Waals surface area contributed by atoms with E-state index in [0.29, 0.717) is 10.6 Å². The van der Waals surface area contributed by atoms with E-state index in [0.717, 1.165) is 15.1 Å². The number of carbonyl (C=O) groups excluding carboxylic acids is 2. The Balaban J connectivity index is 1.61. The molecule has 0 bridgehead atoms. The Kier molecular flexibility index (Phi) is 3.88. The predicted octanol–water partition coefficient (Wildman–Crippen LogP) is 3.17. The van der Waals surface area contributed by atoms with Crippen molar-refractivity contribution in [2.45, 2.75) is 19.0 Å². The molecule has 1 aliphatic rings. The molecule has 2 heterocycles. The summed E-state index contributed by atoms with van der Waals surface area (Å²) in [5.74, 6) is -0.416. The summed E-state index contributed by atoms with van der Waals surface area (Å²) in [6.45, 7) is 1.67. The summed E-state index contributed by atoms with van der Waals surface area (Å²) in [6, 6.07) is 12.7. The number of carbonyl (C=O) groups is 2. The van der Waals surface area contributed by atoms with Crippen LogP contribution in [-0.4, -0.2) is 26.7 Å². The molecule has 1 saturated heterocycles. The van der Waals surface area contributed by atoms with Crippen LogP contribution in [0, 0.1) is 10.1 Å². The highest BCUT2D eigenvalue weighted by Gasteiger charge is 2.49. The van der Waals surface area contributed by atoms with Crippen molar-refractivity contribution in [2.75, 3.05) is 0 Å². The number of nitro benzene ring substituents is 1. The SMILES string of the molecule is C[C@]1(c2ccc([N+](=O)[O-])cc2)NC(=O)N(Cc2nc3ccccc3s2)C1=O. The molecule has 0 unspecified atom stereocenters. The monoisotopic (exact) mass is 382 g/mol. The van der Waals surface area contributed by atoms with Gasteiger partial charge in [-0.05, 0) is 36.8 Å². The number of hydrogen-bond acceptors (Lipinski definition) is 6. The number of aromatic nitrogens is 1. The highest BCUT2D eigenvalue weighted by atomic mass is 32.1. The number of rotatable bonds is 4. The van der Waals surface area contributed by atoms with Crippen molar-refractivity contribution in [3.05, 3.63) is 69.2 Å². The molecule has 1 N–H and O–H groups in total. The summed E-state index contributed by atoms with van der Waals surface area (Å²) in [7, 11) is 0. The van der Waals surface area contributed by atoms with Crippen molar-refractivity contribution in [1.29, 1.82) is 0 Å². The second-order valence-electron chi connectivity index (χ2n) is 6.33. The van der Waals surface area contributed by atoms with Gasteiger partial charge >= 0.3 is 6.03 Å². The van der Waals surface area contributed by atoms with E-state index in [-0.39, 0.29) is 12.2 Å². The van der Waals surface area contributed by atoms with Crippen LogP contribution in [0.15, 0.2) is 48.5 Å². The van der Waals surface area contributed by atoms with Crippen LogP contribution in [0.5, 0.6) is 0 Å². The van der Waals surface area contributed by atoms with Crippen LogP contribution in [0.25, 0.3) is 10.2 Å². The standard InChI is InChI=1S/C18H14N4O4S/c1-18(11-6-8-12(9-7-11)22(25)26)16(23)21(17(24)20-18)10-15-19-13-4-2-3-5-14(13)27-15/h2-9H,10H2,1H3,(H,20,24)/t18-/m1/s1. The minimum Gasteiger partial charge on any atom is -0.319 e. The van der Waals surface area contributed by atoms with Gasteiger partial charge < -0.3 is 5.32 Å². The fraction of sp³-hybridized carbons (Fsp3) is 0.167. The minimum absolute atomic E-state index is 0.0760. The Morgan fingerprint density at radius 1 is 1.19 bits per heavy atom. The molecule has 1 atom stereocenters. The van der Waals surface area contributed by atoms with E-state index in [9.17, 15) is 19.7 Å². The maximum Gasteiger partial charge on any atom is 0.325 e. The zero-order valence-electron chi connectivity index (χ0n) is 14.2. The highest BCUT2D eigenvalue weighted by Crippen LogP contribution is 2.32. The quantitative estimate of drug-likeness (QED) is 0.424. The van der Waals surface area contributed by atoms with Crippen molar-refractivity contribution < 1.29 is 14.5 Å². The van der Waals surface area contributed by atoms with Crippen molar-refractivity contribution in [2.24, 2.45) is 0 Å². The third-order valence-electron chi connectivity index (χ3n) is 4.56. The van der Waals surface area contributed by atoms with Gasteiger partial charge in [-0.2, -0.15) is 0 Å². The molecule has 0 spiro atoms. The molecule has 2 aromatic carbocycles. The van der Waals surface area contributed by atoms with Gasteiger partial charge in [0.1, 0.15) is 10.5 Å². The molecule has 8 nitrogen and oxygen atoms in total. The summed E-state index contributed by atoms with van der Waals surface area (Å²) in [4.78, 5) is 41.3. The number of nitrogens with zero attached hydrogens (tertiary/aromatic N) is 3. The van der Waals surface area contributed by atoms with Crippen LogP contribution in [0.4, 0.5) is 10.5 Å². The second kappa shape index (κ2) is 6.13. The van der Waals surface area contributed by atoms with Crippen molar-refractivity contribution in [3.63, 3.8) is 0 Å². The number of nitro groups is 1. The first-order chi connectivity index (χ1) is 12.9. The third-order valence-corrected chi connectivity index (χ3v) is 5.58. The van der Waals surface area contributed by atoms with Crippen molar-refractivity contribution >= 4 is 39.2 Å². The molecule has 4 rings (SSSR count). The number of non-ortho nitro benzene ring substituents is 1. The summed E-state index contributed by atoms with van der Waals surface area (Å²) in [5.41, 5.74) is -0.0468. The van der Waals surface area contributed by atoms with Gasteiger partial charge in [-0.15, -0.1) is 11.3 Å². The molecular weight excluding hydrogens is 368 g/mol. The molecule has 3 amide bonds. The highest BCUT2D eigenvalue weighted by molar-refractivity contribution is 7.18. The van der Waals surface area contributed by atoms with E-state index in [1.54, 1.807) is 6.92 Å². The summed E-state index contributed by atoms with van der Waals surface area (Å²) in [6.07, 6.45) is 0. The number of para-hydroxylation sites is 1. The Morgan fingerprint density at radius 3 is 2.56 bits per heavy atom. The summed E-state index contributed by atoms with van der Waals surface area (Å²) in [5, 5.41) is 14.2. The minimum atomic E-state index is -1.27. The lowest BCUT2D eigenvalue weighted by Gasteiger charge is -2.21. The molecule has 1 aromatic heterocycles. The third kappa shape index (κ3) is 2.81. The van der Waals surface area contributed by atoms with E-state index >= 15 is 0 Å².